The number of carbonyl (C=O) groups excluding carboxylic acids is 2. The van der Waals surface area contributed by atoms with Gasteiger partial charge in [0.25, 0.3) is 5.91 Å². The molecule has 1 saturated heterocycles. The van der Waals surface area contributed by atoms with Crippen LogP contribution in [-0.4, -0.2) is 36.8 Å². The van der Waals surface area contributed by atoms with Gasteiger partial charge >= 0.3 is 0 Å². The maximum atomic E-state index is 12.9. The van der Waals surface area contributed by atoms with Crippen molar-refractivity contribution < 1.29 is 18.7 Å². The first-order valence-electron chi connectivity index (χ1n) is 10.2. The van der Waals surface area contributed by atoms with E-state index in [0.29, 0.717) is 30.2 Å². The lowest BCUT2D eigenvalue weighted by Gasteiger charge is -2.21. The molecule has 1 fully saturated rings. The summed E-state index contributed by atoms with van der Waals surface area (Å²) in [5.41, 5.74) is 2.38. The van der Waals surface area contributed by atoms with E-state index < -0.39 is 0 Å². The average Bonchev–Trinajstić information content (AvgIpc) is 2.76. The number of nitrogens with one attached hydrogen (secondary N) is 2. The van der Waals surface area contributed by atoms with Crippen LogP contribution in [0, 0.1) is 5.82 Å². The molecule has 1 heterocycles. The summed E-state index contributed by atoms with van der Waals surface area (Å²) in [6.45, 7) is 2.07. The number of halogens is 1. The van der Waals surface area contributed by atoms with Crippen molar-refractivity contribution in [3.05, 3.63) is 65.5 Å². The molecule has 0 saturated carbocycles. The highest BCUT2D eigenvalue weighted by atomic mass is 32.2. The van der Waals surface area contributed by atoms with E-state index in [1.807, 2.05) is 30.0 Å². The van der Waals surface area contributed by atoms with E-state index >= 15 is 0 Å². The molecule has 0 aliphatic carbocycles. The molecule has 2 aromatic rings. The Bertz CT molecular complexity index is 839. The van der Waals surface area contributed by atoms with E-state index in [9.17, 15) is 14.0 Å². The van der Waals surface area contributed by atoms with Crippen LogP contribution in [0.3, 0.4) is 0 Å². The third kappa shape index (κ3) is 7.46. The number of hydrogen-bond acceptors (Lipinski definition) is 4. The maximum Gasteiger partial charge on any atom is 0.251 e. The summed E-state index contributed by atoms with van der Waals surface area (Å²) in [6.07, 6.45) is 3.03. The Kier molecular flexibility index (Phi) is 8.71. The topological polar surface area (TPSA) is 67.4 Å². The van der Waals surface area contributed by atoms with Crippen LogP contribution >= 0.6 is 11.8 Å². The summed E-state index contributed by atoms with van der Waals surface area (Å²) < 4.78 is 18.3. The Morgan fingerprint density at radius 1 is 1.10 bits per heavy atom. The molecule has 7 heteroatoms. The van der Waals surface area contributed by atoms with Crippen LogP contribution in [0.4, 0.5) is 10.1 Å². The standard InChI is InChI=1S/C23H27FN2O3S/c24-19-8-6-18(7-9-19)23(28)25-12-2-5-22(27)26-20-4-1-3-17(15-20)16-30-21-10-13-29-14-11-21/h1,3-4,6-9,15,21H,2,5,10-14,16H2,(H,25,28)(H,26,27). The minimum Gasteiger partial charge on any atom is -0.381 e. The second kappa shape index (κ2) is 11.7. The van der Waals surface area contributed by atoms with Crippen LogP contribution in [0.1, 0.15) is 41.6 Å². The second-order valence-electron chi connectivity index (χ2n) is 7.24. The molecule has 0 bridgehead atoms. The molecule has 0 aromatic heterocycles. The van der Waals surface area contributed by atoms with Crippen LogP contribution in [0.5, 0.6) is 0 Å². The number of thioether (sulfide) groups is 1. The number of benzene rings is 2. The molecule has 160 valence electrons. The van der Waals surface area contributed by atoms with E-state index in [0.717, 1.165) is 37.5 Å². The summed E-state index contributed by atoms with van der Waals surface area (Å²) in [7, 11) is 0. The van der Waals surface area contributed by atoms with Gasteiger partial charge in [0.1, 0.15) is 5.82 Å². The van der Waals surface area contributed by atoms with Gasteiger partial charge in [0, 0.05) is 48.4 Å². The van der Waals surface area contributed by atoms with Crippen molar-refractivity contribution in [2.45, 2.75) is 36.7 Å². The lowest BCUT2D eigenvalue weighted by molar-refractivity contribution is -0.116. The summed E-state index contributed by atoms with van der Waals surface area (Å²) in [5, 5.41) is 6.31. The maximum absolute atomic E-state index is 12.9. The number of hydrogen-bond donors (Lipinski definition) is 2. The summed E-state index contributed by atoms with van der Waals surface area (Å²) >= 11 is 1.94. The predicted octanol–water partition coefficient (Wildman–Crippen LogP) is 4.39. The van der Waals surface area contributed by atoms with Crippen molar-refractivity contribution in [1.29, 1.82) is 0 Å². The van der Waals surface area contributed by atoms with Crippen LogP contribution in [0.15, 0.2) is 48.5 Å². The van der Waals surface area contributed by atoms with E-state index in [-0.39, 0.29) is 17.6 Å². The van der Waals surface area contributed by atoms with Gasteiger partial charge in [-0.3, -0.25) is 9.59 Å². The lowest BCUT2D eigenvalue weighted by atomic mass is 10.2. The monoisotopic (exact) mass is 430 g/mol. The molecule has 0 atom stereocenters. The molecular formula is C23H27FN2O3S. The van der Waals surface area contributed by atoms with Gasteiger partial charge in [0.05, 0.1) is 0 Å². The lowest BCUT2D eigenvalue weighted by Crippen LogP contribution is -2.25. The first kappa shape index (κ1) is 22.3. The van der Waals surface area contributed by atoms with Crippen molar-refractivity contribution in [2.75, 3.05) is 25.1 Å². The van der Waals surface area contributed by atoms with Crippen LogP contribution < -0.4 is 10.6 Å². The number of carbonyl (C=O) groups is 2. The van der Waals surface area contributed by atoms with Crippen molar-refractivity contribution in [3.8, 4) is 0 Å². The Hall–Kier alpha value is -2.38. The fourth-order valence-electron chi connectivity index (χ4n) is 3.17. The Morgan fingerprint density at radius 3 is 2.63 bits per heavy atom. The zero-order valence-corrected chi connectivity index (χ0v) is 17.7. The van der Waals surface area contributed by atoms with Gasteiger partial charge in [-0.2, -0.15) is 11.8 Å². The molecule has 1 aliphatic rings. The van der Waals surface area contributed by atoms with E-state index in [1.54, 1.807) is 0 Å². The zero-order valence-electron chi connectivity index (χ0n) is 16.9. The molecule has 30 heavy (non-hydrogen) atoms. The van der Waals surface area contributed by atoms with Crippen molar-refractivity contribution in [3.63, 3.8) is 0 Å². The number of rotatable bonds is 9. The predicted molar refractivity (Wildman–Crippen MR) is 118 cm³/mol. The summed E-state index contributed by atoms with van der Waals surface area (Å²) in [6, 6.07) is 13.3. The molecule has 2 aromatic carbocycles. The summed E-state index contributed by atoms with van der Waals surface area (Å²) in [4.78, 5) is 24.2. The van der Waals surface area contributed by atoms with Gasteiger partial charge < -0.3 is 15.4 Å². The van der Waals surface area contributed by atoms with Gasteiger partial charge in [-0.25, -0.2) is 4.39 Å². The first-order valence-corrected chi connectivity index (χ1v) is 11.3. The Morgan fingerprint density at radius 2 is 1.87 bits per heavy atom. The molecule has 2 N–H and O–H groups in total. The average molecular weight is 431 g/mol. The second-order valence-corrected chi connectivity index (χ2v) is 8.53. The van der Waals surface area contributed by atoms with E-state index in [2.05, 4.69) is 16.7 Å². The largest absolute Gasteiger partial charge is 0.381 e. The molecular weight excluding hydrogens is 403 g/mol. The SMILES string of the molecule is O=C(CCCNC(=O)c1ccc(F)cc1)Nc1cccc(CSC2CCOCC2)c1. The molecule has 5 nitrogen and oxygen atoms in total. The third-order valence-corrected chi connectivity index (χ3v) is 6.28. The number of ether oxygens (including phenoxy) is 1. The Balaban J connectivity index is 1.36. The minimum atomic E-state index is -0.380. The highest BCUT2D eigenvalue weighted by Crippen LogP contribution is 2.26. The zero-order chi connectivity index (χ0) is 21.2. The molecule has 1 aliphatic heterocycles. The van der Waals surface area contributed by atoms with Gasteiger partial charge in [0.15, 0.2) is 0 Å². The molecule has 0 radical (unpaired) electrons. The molecule has 2 amide bonds. The fourth-order valence-corrected chi connectivity index (χ4v) is 4.31. The highest BCUT2D eigenvalue weighted by molar-refractivity contribution is 7.99. The van der Waals surface area contributed by atoms with Crippen LogP contribution in [0.25, 0.3) is 0 Å². The highest BCUT2D eigenvalue weighted by Gasteiger charge is 2.14. The fraction of sp³-hybridized carbons (Fsp3) is 0.391. The third-order valence-electron chi connectivity index (χ3n) is 4.84. The van der Waals surface area contributed by atoms with Crippen LogP contribution in [0.2, 0.25) is 0 Å². The minimum absolute atomic E-state index is 0.0831. The van der Waals surface area contributed by atoms with Gasteiger partial charge in [0.2, 0.25) is 5.91 Å². The summed E-state index contributed by atoms with van der Waals surface area (Å²) in [5.74, 6) is 0.184. The van der Waals surface area contributed by atoms with Gasteiger partial charge in [-0.05, 0) is 61.2 Å². The molecule has 0 unspecified atom stereocenters. The normalized spacial score (nSPS) is 14.3. The van der Waals surface area contributed by atoms with Gasteiger partial charge in [-0.1, -0.05) is 12.1 Å². The van der Waals surface area contributed by atoms with Crippen LogP contribution in [-0.2, 0) is 15.3 Å². The van der Waals surface area contributed by atoms with Crippen molar-refractivity contribution in [2.24, 2.45) is 0 Å². The number of amides is 2. The van der Waals surface area contributed by atoms with Crippen molar-refractivity contribution in [1.82, 2.24) is 5.32 Å². The van der Waals surface area contributed by atoms with Gasteiger partial charge in [-0.15, -0.1) is 0 Å². The smallest absolute Gasteiger partial charge is 0.251 e. The Labute approximate surface area is 180 Å². The quantitative estimate of drug-likeness (QED) is 0.579. The van der Waals surface area contributed by atoms with E-state index in [4.69, 9.17) is 4.74 Å². The van der Waals surface area contributed by atoms with Crippen molar-refractivity contribution >= 4 is 29.3 Å². The number of anilines is 1. The molecule has 3 rings (SSSR count). The first-order chi connectivity index (χ1) is 14.6. The molecule has 0 spiro atoms. The van der Waals surface area contributed by atoms with E-state index in [1.165, 1.54) is 29.8 Å².